The van der Waals surface area contributed by atoms with Crippen LogP contribution in [0.4, 0.5) is 5.69 Å². The number of benzene rings is 2. The van der Waals surface area contributed by atoms with Crippen LogP contribution in [0.15, 0.2) is 54.6 Å². The minimum Gasteiger partial charge on any atom is -0.490 e. The van der Waals surface area contributed by atoms with E-state index in [2.05, 4.69) is 23.1 Å². The number of rotatable bonds is 6. The van der Waals surface area contributed by atoms with Gasteiger partial charge in [0.25, 0.3) is 0 Å². The molecule has 1 heterocycles. The van der Waals surface area contributed by atoms with Gasteiger partial charge in [-0.15, -0.1) is 0 Å². The number of hydrogen-bond donors (Lipinski definition) is 0. The van der Waals surface area contributed by atoms with Crippen LogP contribution in [0.25, 0.3) is 0 Å². The summed E-state index contributed by atoms with van der Waals surface area (Å²) in [7, 11) is 0. The molecule has 1 aliphatic rings. The third-order valence-corrected chi connectivity index (χ3v) is 3.65. The molecule has 21 heavy (non-hydrogen) atoms. The van der Waals surface area contributed by atoms with Crippen LogP contribution < -0.4 is 14.4 Å². The Hall–Kier alpha value is -2.16. The lowest BCUT2D eigenvalue weighted by molar-refractivity contribution is 0.217. The molecular formula is C18H21NO2. The Balaban J connectivity index is 1.48. The van der Waals surface area contributed by atoms with Crippen LogP contribution in [0.2, 0.25) is 0 Å². The smallest absolute Gasteiger partial charge is 0.122 e. The summed E-state index contributed by atoms with van der Waals surface area (Å²) in [5, 5.41) is 0. The first-order valence-corrected chi connectivity index (χ1v) is 7.57. The predicted molar refractivity (Wildman–Crippen MR) is 85.3 cm³/mol. The molecule has 0 atom stereocenters. The quantitative estimate of drug-likeness (QED) is 0.754. The van der Waals surface area contributed by atoms with E-state index in [1.807, 2.05) is 36.4 Å². The molecule has 3 heteroatoms. The number of para-hydroxylation sites is 1. The van der Waals surface area contributed by atoms with Crippen molar-refractivity contribution in [2.75, 3.05) is 31.2 Å². The van der Waals surface area contributed by atoms with E-state index >= 15 is 0 Å². The van der Waals surface area contributed by atoms with Crippen LogP contribution >= 0.6 is 0 Å². The van der Waals surface area contributed by atoms with Crippen LogP contribution in [-0.2, 0) is 0 Å². The van der Waals surface area contributed by atoms with E-state index in [0.717, 1.165) is 24.6 Å². The summed E-state index contributed by atoms with van der Waals surface area (Å²) in [6.07, 6.45) is 2.58. The number of ether oxygens (including phenoxy) is 2. The highest BCUT2D eigenvalue weighted by Gasteiger charge is 2.12. The Kier molecular flexibility index (Phi) is 4.62. The highest BCUT2D eigenvalue weighted by molar-refractivity contribution is 5.51. The second-order valence-electron chi connectivity index (χ2n) is 5.20. The Morgan fingerprint density at radius 2 is 1.43 bits per heavy atom. The first-order chi connectivity index (χ1) is 10.4. The lowest BCUT2D eigenvalue weighted by atomic mass is 10.3. The van der Waals surface area contributed by atoms with E-state index in [1.54, 1.807) is 0 Å². The van der Waals surface area contributed by atoms with Gasteiger partial charge in [-0.25, -0.2) is 0 Å². The average molecular weight is 283 g/mol. The average Bonchev–Trinajstić information content (AvgIpc) is 3.07. The Morgan fingerprint density at radius 1 is 0.762 bits per heavy atom. The largest absolute Gasteiger partial charge is 0.490 e. The molecule has 0 spiro atoms. The fourth-order valence-corrected chi connectivity index (χ4v) is 2.58. The van der Waals surface area contributed by atoms with Crippen LogP contribution in [0.1, 0.15) is 12.8 Å². The summed E-state index contributed by atoms with van der Waals surface area (Å²) >= 11 is 0. The molecule has 0 bridgehead atoms. The van der Waals surface area contributed by atoms with Gasteiger partial charge < -0.3 is 14.4 Å². The summed E-state index contributed by atoms with van der Waals surface area (Å²) < 4.78 is 11.4. The van der Waals surface area contributed by atoms with Crippen LogP contribution in [0, 0.1) is 0 Å². The van der Waals surface area contributed by atoms with Gasteiger partial charge in [-0.2, -0.15) is 0 Å². The van der Waals surface area contributed by atoms with Crippen molar-refractivity contribution < 1.29 is 9.47 Å². The number of nitrogens with zero attached hydrogens (tertiary/aromatic N) is 1. The van der Waals surface area contributed by atoms with Crippen LogP contribution in [-0.4, -0.2) is 26.3 Å². The summed E-state index contributed by atoms with van der Waals surface area (Å²) in [6.45, 7) is 3.41. The van der Waals surface area contributed by atoms with Gasteiger partial charge in [0.2, 0.25) is 0 Å². The topological polar surface area (TPSA) is 21.7 Å². The van der Waals surface area contributed by atoms with Crippen molar-refractivity contribution >= 4 is 5.69 Å². The molecule has 1 saturated heterocycles. The lowest BCUT2D eigenvalue weighted by Gasteiger charge is -2.18. The lowest BCUT2D eigenvalue weighted by Crippen LogP contribution is -2.17. The molecule has 0 saturated carbocycles. The van der Waals surface area contributed by atoms with E-state index in [4.69, 9.17) is 9.47 Å². The maximum atomic E-state index is 5.78. The number of hydrogen-bond acceptors (Lipinski definition) is 3. The van der Waals surface area contributed by atoms with Gasteiger partial charge in [0.15, 0.2) is 0 Å². The fraction of sp³-hybridized carbons (Fsp3) is 0.333. The molecule has 110 valence electrons. The maximum Gasteiger partial charge on any atom is 0.122 e. The molecule has 0 unspecified atom stereocenters. The van der Waals surface area contributed by atoms with Crippen molar-refractivity contribution in [3.63, 3.8) is 0 Å². The van der Waals surface area contributed by atoms with Crippen molar-refractivity contribution in [2.24, 2.45) is 0 Å². The van der Waals surface area contributed by atoms with Gasteiger partial charge in [-0.1, -0.05) is 24.3 Å². The minimum absolute atomic E-state index is 0.554. The third-order valence-electron chi connectivity index (χ3n) is 3.65. The molecule has 1 aliphatic heterocycles. The van der Waals surface area contributed by atoms with E-state index in [1.165, 1.54) is 18.5 Å². The third kappa shape index (κ3) is 3.91. The van der Waals surface area contributed by atoms with Gasteiger partial charge in [0.1, 0.15) is 24.7 Å². The van der Waals surface area contributed by atoms with E-state index in [9.17, 15) is 0 Å². The summed E-state index contributed by atoms with van der Waals surface area (Å²) in [5.74, 6) is 1.79. The molecule has 2 aromatic carbocycles. The van der Waals surface area contributed by atoms with Gasteiger partial charge in [0.05, 0.1) is 0 Å². The SMILES string of the molecule is c1ccc(OCCOc2cccc(N3CCCC3)c2)cc1. The van der Waals surface area contributed by atoms with Crippen molar-refractivity contribution in [2.45, 2.75) is 12.8 Å². The van der Waals surface area contributed by atoms with Gasteiger partial charge in [-0.3, -0.25) is 0 Å². The van der Waals surface area contributed by atoms with Crippen molar-refractivity contribution in [3.8, 4) is 11.5 Å². The predicted octanol–water partition coefficient (Wildman–Crippen LogP) is 3.74. The van der Waals surface area contributed by atoms with Gasteiger partial charge >= 0.3 is 0 Å². The maximum absolute atomic E-state index is 5.78. The van der Waals surface area contributed by atoms with Crippen molar-refractivity contribution in [3.05, 3.63) is 54.6 Å². The van der Waals surface area contributed by atoms with Crippen molar-refractivity contribution in [1.82, 2.24) is 0 Å². The first-order valence-electron chi connectivity index (χ1n) is 7.57. The standard InChI is InChI=1S/C18H21NO2/c1-2-8-17(9-3-1)20-13-14-21-18-10-6-7-16(15-18)19-11-4-5-12-19/h1-3,6-10,15H,4-5,11-14H2. The second kappa shape index (κ2) is 7.02. The molecule has 0 amide bonds. The summed E-state index contributed by atoms with van der Waals surface area (Å²) in [6, 6.07) is 18.1. The van der Waals surface area contributed by atoms with E-state index in [-0.39, 0.29) is 0 Å². The monoisotopic (exact) mass is 283 g/mol. The van der Waals surface area contributed by atoms with Gasteiger partial charge in [-0.05, 0) is 37.1 Å². The molecule has 3 rings (SSSR count). The summed E-state index contributed by atoms with van der Waals surface area (Å²) in [5.41, 5.74) is 1.26. The zero-order chi connectivity index (χ0) is 14.3. The molecular weight excluding hydrogens is 262 g/mol. The molecule has 3 nitrogen and oxygen atoms in total. The normalized spacial score (nSPS) is 14.2. The number of anilines is 1. The summed E-state index contributed by atoms with van der Waals surface area (Å²) in [4.78, 5) is 2.41. The van der Waals surface area contributed by atoms with Crippen molar-refractivity contribution in [1.29, 1.82) is 0 Å². The van der Waals surface area contributed by atoms with Gasteiger partial charge in [0, 0.05) is 24.8 Å². The Bertz CT molecular complexity index is 550. The first kappa shape index (κ1) is 13.8. The molecule has 0 aromatic heterocycles. The Morgan fingerprint density at radius 3 is 2.19 bits per heavy atom. The minimum atomic E-state index is 0.554. The highest BCUT2D eigenvalue weighted by atomic mass is 16.5. The highest BCUT2D eigenvalue weighted by Crippen LogP contribution is 2.24. The fourth-order valence-electron chi connectivity index (χ4n) is 2.58. The van der Waals surface area contributed by atoms with Crippen LogP contribution in [0.5, 0.6) is 11.5 Å². The van der Waals surface area contributed by atoms with E-state index in [0.29, 0.717) is 13.2 Å². The molecule has 0 N–H and O–H groups in total. The zero-order valence-corrected chi connectivity index (χ0v) is 12.2. The second-order valence-corrected chi connectivity index (χ2v) is 5.20. The molecule has 0 aliphatic carbocycles. The Labute approximate surface area is 126 Å². The molecule has 1 fully saturated rings. The zero-order valence-electron chi connectivity index (χ0n) is 12.2. The van der Waals surface area contributed by atoms with E-state index < -0.39 is 0 Å². The van der Waals surface area contributed by atoms with Crippen LogP contribution in [0.3, 0.4) is 0 Å². The molecule has 0 radical (unpaired) electrons. The molecule has 2 aromatic rings.